The molecular formula is C13H15BrN2O2. The molecule has 96 valence electrons. The first-order chi connectivity index (χ1) is 8.61. The summed E-state index contributed by atoms with van der Waals surface area (Å²) in [4.78, 5) is 0. The van der Waals surface area contributed by atoms with Crippen LogP contribution < -0.4 is 10.5 Å². The molecule has 18 heavy (non-hydrogen) atoms. The lowest BCUT2D eigenvalue weighted by Gasteiger charge is -2.10. The Morgan fingerprint density at radius 3 is 2.78 bits per heavy atom. The van der Waals surface area contributed by atoms with Crippen molar-refractivity contribution in [2.45, 2.75) is 27.0 Å². The van der Waals surface area contributed by atoms with Gasteiger partial charge in [0, 0.05) is 16.6 Å². The Hall–Kier alpha value is -1.33. The summed E-state index contributed by atoms with van der Waals surface area (Å²) >= 11 is 3.41. The van der Waals surface area contributed by atoms with Crippen LogP contribution in [-0.2, 0) is 13.2 Å². The summed E-state index contributed by atoms with van der Waals surface area (Å²) in [5.74, 6) is 1.58. The number of aromatic nitrogens is 1. The first kappa shape index (κ1) is 13.1. The molecule has 0 amide bonds. The van der Waals surface area contributed by atoms with Crippen LogP contribution in [0.25, 0.3) is 0 Å². The maximum Gasteiger partial charge on any atom is 0.140 e. The average molecular weight is 311 g/mol. The Kier molecular flexibility index (Phi) is 4.04. The van der Waals surface area contributed by atoms with Gasteiger partial charge < -0.3 is 15.0 Å². The molecule has 0 unspecified atom stereocenters. The van der Waals surface area contributed by atoms with Crippen LogP contribution in [0, 0.1) is 13.8 Å². The zero-order valence-corrected chi connectivity index (χ0v) is 12.0. The molecule has 0 fully saturated rings. The Labute approximate surface area is 114 Å². The number of benzene rings is 1. The number of nitrogens with zero attached hydrogens (tertiary/aromatic N) is 1. The molecule has 0 atom stereocenters. The van der Waals surface area contributed by atoms with E-state index in [-0.39, 0.29) is 0 Å². The highest BCUT2D eigenvalue weighted by Gasteiger charge is 2.10. The van der Waals surface area contributed by atoms with Gasteiger partial charge in [-0.05, 0) is 32.0 Å². The van der Waals surface area contributed by atoms with Gasteiger partial charge in [-0.25, -0.2) is 0 Å². The van der Waals surface area contributed by atoms with E-state index in [9.17, 15) is 0 Å². The second kappa shape index (κ2) is 5.54. The molecule has 0 aliphatic heterocycles. The number of aryl methyl sites for hydroxylation is 2. The molecule has 2 rings (SSSR count). The topological polar surface area (TPSA) is 61.3 Å². The first-order valence-corrected chi connectivity index (χ1v) is 6.44. The van der Waals surface area contributed by atoms with Crippen molar-refractivity contribution in [2.75, 3.05) is 0 Å². The summed E-state index contributed by atoms with van der Waals surface area (Å²) in [6, 6.07) is 5.80. The molecule has 0 aliphatic rings. The van der Waals surface area contributed by atoms with Crippen molar-refractivity contribution in [3.63, 3.8) is 0 Å². The number of hydrogen-bond acceptors (Lipinski definition) is 4. The van der Waals surface area contributed by atoms with Crippen LogP contribution in [0.15, 0.2) is 27.2 Å². The van der Waals surface area contributed by atoms with Gasteiger partial charge >= 0.3 is 0 Å². The molecule has 1 aromatic carbocycles. The quantitative estimate of drug-likeness (QED) is 0.942. The van der Waals surface area contributed by atoms with E-state index in [4.69, 9.17) is 15.0 Å². The normalized spacial score (nSPS) is 10.7. The predicted octanol–water partition coefficient (Wildman–Crippen LogP) is 3.09. The highest BCUT2D eigenvalue weighted by molar-refractivity contribution is 9.10. The molecule has 1 aromatic heterocycles. The highest BCUT2D eigenvalue weighted by atomic mass is 79.9. The standard InChI is InChI=1S/C13H15BrN2O2/c1-8-12(9(2)18-16-8)7-17-13-4-3-11(14)5-10(13)6-15/h3-5H,6-7,15H2,1-2H3. The van der Waals surface area contributed by atoms with E-state index in [2.05, 4.69) is 21.1 Å². The smallest absolute Gasteiger partial charge is 0.140 e. The number of halogens is 1. The van der Waals surface area contributed by atoms with Crippen molar-refractivity contribution in [2.24, 2.45) is 5.73 Å². The Bertz CT molecular complexity index is 532. The number of rotatable bonds is 4. The third-order valence-corrected chi connectivity index (χ3v) is 3.29. The molecule has 0 bridgehead atoms. The molecule has 0 aliphatic carbocycles. The van der Waals surface area contributed by atoms with Gasteiger partial charge in [0.2, 0.25) is 0 Å². The Balaban J connectivity index is 2.15. The minimum absolute atomic E-state index is 0.440. The second-order valence-corrected chi connectivity index (χ2v) is 4.96. The maximum absolute atomic E-state index is 5.79. The zero-order valence-electron chi connectivity index (χ0n) is 10.4. The fourth-order valence-electron chi connectivity index (χ4n) is 1.71. The van der Waals surface area contributed by atoms with Gasteiger partial charge in [0.25, 0.3) is 0 Å². The molecule has 1 heterocycles. The Morgan fingerprint density at radius 1 is 1.39 bits per heavy atom. The van der Waals surface area contributed by atoms with Crippen LogP contribution in [0.4, 0.5) is 0 Å². The lowest BCUT2D eigenvalue weighted by Crippen LogP contribution is -2.03. The van der Waals surface area contributed by atoms with Crippen LogP contribution in [0.3, 0.4) is 0 Å². The number of hydrogen-bond donors (Lipinski definition) is 1. The van der Waals surface area contributed by atoms with Gasteiger partial charge in [-0.3, -0.25) is 0 Å². The fourth-order valence-corrected chi connectivity index (χ4v) is 2.11. The molecule has 0 spiro atoms. The lowest BCUT2D eigenvalue weighted by molar-refractivity contribution is 0.298. The van der Waals surface area contributed by atoms with Crippen LogP contribution >= 0.6 is 15.9 Å². The summed E-state index contributed by atoms with van der Waals surface area (Å²) < 4.78 is 11.9. The maximum atomic E-state index is 5.79. The van der Waals surface area contributed by atoms with E-state index in [1.54, 1.807) is 0 Å². The van der Waals surface area contributed by atoms with Crippen LogP contribution in [0.1, 0.15) is 22.6 Å². The van der Waals surface area contributed by atoms with E-state index < -0.39 is 0 Å². The third kappa shape index (κ3) is 2.73. The lowest BCUT2D eigenvalue weighted by atomic mass is 10.2. The van der Waals surface area contributed by atoms with Gasteiger partial charge in [0.1, 0.15) is 18.1 Å². The van der Waals surface area contributed by atoms with E-state index in [1.807, 2.05) is 32.0 Å². The van der Waals surface area contributed by atoms with E-state index >= 15 is 0 Å². The van der Waals surface area contributed by atoms with Crippen molar-refractivity contribution in [3.8, 4) is 5.75 Å². The summed E-state index contributed by atoms with van der Waals surface area (Å²) in [7, 11) is 0. The summed E-state index contributed by atoms with van der Waals surface area (Å²) in [6.45, 7) is 4.66. The van der Waals surface area contributed by atoms with E-state index in [0.717, 1.165) is 32.8 Å². The first-order valence-electron chi connectivity index (χ1n) is 5.65. The van der Waals surface area contributed by atoms with Gasteiger partial charge in [0.05, 0.1) is 11.3 Å². The highest BCUT2D eigenvalue weighted by Crippen LogP contribution is 2.24. The largest absolute Gasteiger partial charge is 0.488 e. The fraction of sp³-hybridized carbons (Fsp3) is 0.308. The summed E-state index contributed by atoms with van der Waals surface area (Å²) in [5, 5.41) is 3.90. The molecule has 0 radical (unpaired) electrons. The van der Waals surface area contributed by atoms with Crippen molar-refractivity contribution < 1.29 is 9.26 Å². The second-order valence-electron chi connectivity index (χ2n) is 4.05. The minimum Gasteiger partial charge on any atom is -0.488 e. The van der Waals surface area contributed by atoms with Crippen LogP contribution in [0.5, 0.6) is 5.75 Å². The predicted molar refractivity (Wildman–Crippen MR) is 72.3 cm³/mol. The summed E-state index contributed by atoms with van der Waals surface area (Å²) in [6.07, 6.45) is 0. The Morgan fingerprint density at radius 2 is 2.17 bits per heavy atom. The summed E-state index contributed by atoms with van der Waals surface area (Å²) in [5.41, 5.74) is 8.51. The average Bonchev–Trinajstić information content (AvgIpc) is 2.68. The van der Waals surface area contributed by atoms with Crippen molar-refractivity contribution >= 4 is 15.9 Å². The molecular weight excluding hydrogens is 296 g/mol. The molecule has 2 N–H and O–H groups in total. The molecule has 2 aromatic rings. The van der Waals surface area contributed by atoms with Crippen LogP contribution in [0.2, 0.25) is 0 Å². The monoisotopic (exact) mass is 310 g/mol. The van der Waals surface area contributed by atoms with Gasteiger partial charge in [0.15, 0.2) is 0 Å². The molecule has 5 heteroatoms. The van der Waals surface area contributed by atoms with Gasteiger partial charge in [-0.1, -0.05) is 21.1 Å². The molecule has 0 saturated heterocycles. The van der Waals surface area contributed by atoms with Crippen molar-refractivity contribution in [1.29, 1.82) is 0 Å². The van der Waals surface area contributed by atoms with Crippen molar-refractivity contribution in [1.82, 2.24) is 5.16 Å². The SMILES string of the molecule is Cc1noc(C)c1COc1ccc(Br)cc1CN. The zero-order chi connectivity index (χ0) is 13.1. The molecule has 0 saturated carbocycles. The van der Waals surface area contributed by atoms with Gasteiger partial charge in [-0.2, -0.15) is 0 Å². The van der Waals surface area contributed by atoms with E-state index in [1.165, 1.54) is 0 Å². The number of nitrogens with two attached hydrogens (primary N) is 1. The van der Waals surface area contributed by atoms with Crippen LogP contribution in [-0.4, -0.2) is 5.16 Å². The molecule has 4 nitrogen and oxygen atoms in total. The van der Waals surface area contributed by atoms with Crippen molar-refractivity contribution in [3.05, 3.63) is 45.3 Å². The van der Waals surface area contributed by atoms with E-state index in [0.29, 0.717) is 13.2 Å². The van der Waals surface area contributed by atoms with Gasteiger partial charge in [-0.15, -0.1) is 0 Å². The number of ether oxygens (including phenoxy) is 1. The minimum atomic E-state index is 0.440. The third-order valence-electron chi connectivity index (χ3n) is 2.80.